The number of para-hydroxylation sites is 3. The van der Waals surface area contributed by atoms with Crippen molar-refractivity contribution in [2.75, 3.05) is 7.11 Å². The molecule has 4 aromatic carbocycles. The highest BCUT2D eigenvalue weighted by Crippen LogP contribution is 2.32. The van der Waals surface area contributed by atoms with Crippen molar-refractivity contribution in [3.63, 3.8) is 0 Å². The number of carbonyl (C=O) groups excluding carboxylic acids is 1. The van der Waals surface area contributed by atoms with Crippen LogP contribution in [0.5, 0.6) is 0 Å². The first kappa shape index (κ1) is 19.9. The summed E-state index contributed by atoms with van der Waals surface area (Å²) in [5.74, 6) is -0.405. The van der Waals surface area contributed by atoms with Crippen LogP contribution >= 0.6 is 0 Å². The Kier molecular flexibility index (Phi) is 4.70. The van der Waals surface area contributed by atoms with Gasteiger partial charge in [0.05, 0.1) is 34.9 Å². The minimum Gasteiger partial charge on any atom is -0.465 e. The lowest BCUT2D eigenvalue weighted by atomic mass is 10.0. The van der Waals surface area contributed by atoms with Gasteiger partial charge in [-0.3, -0.25) is 9.13 Å². The summed E-state index contributed by atoms with van der Waals surface area (Å²) in [7, 11) is 1.38. The maximum Gasteiger partial charge on any atom is 0.340 e. The summed E-state index contributed by atoms with van der Waals surface area (Å²) >= 11 is 0. The van der Waals surface area contributed by atoms with Gasteiger partial charge in [0, 0.05) is 11.3 Å². The Bertz CT molecular complexity index is 1660. The SMILES string of the molecule is COC(=O)c1cccc2c1ncn2-c1cc(-n2cnc3ccccc32)ccc1-c1ccccc1. The summed E-state index contributed by atoms with van der Waals surface area (Å²) in [5, 5.41) is 0. The molecule has 0 aliphatic carbocycles. The van der Waals surface area contributed by atoms with Crippen LogP contribution in [-0.4, -0.2) is 32.2 Å². The highest BCUT2D eigenvalue weighted by molar-refractivity contribution is 6.02. The molecule has 0 saturated heterocycles. The zero-order valence-electron chi connectivity index (χ0n) is 18.4. The van der Waals surface area contributed by atoms with E-state index < -0.39 is 5.97 Å². The quantitative estimate of drug-likeness (QED) is 0.322. The molecule has 0 amide bonds. The van der Waals surface area contributed by atoms with E-state index in [4.69, 9.17) is 4.74 Å². The molecule has 6 aromatic rings. The van der Waals surface area contributed by atoms with E-state index in [-0.39, 0.29) is 0 Å². The van der Waals surface area contributed by atoms with Crippen molar-refractivity contribution in [1.29, 1.82) is 0 Å². The number of ether oxygens (including phenoxy) is 1. The number of carbonyl (C=O) groups is 1. The van der Waals surface area contributed by atoms with Gasteiger partial charge in [-0.15, -0.1) is 0 Å². The lowest BCUT2D eigenvalue weighted by Crippen LogP contribution is -2.03. The molecule has 0 saturated carbocycles. The molecule has 0 unspecified atom stereocenters. The van der Waals surface area contributed by atoms with Gasteiger partial charge in [0.2, 0.25) is 0 Å². The van der Waals surface area contributed by atoms with Crippen molar-refractivity contribution in [3.8, 4) is 22.5 Å². The number of fused-ring (bicyclic) bond motifs is 2. The van der Waals surface area contributed by atoms with Crippen molar-refractivity contribution in [2.24, 2.45) is 0 Å². The number of nitrogens with zero attached hydrogens (tertiary/aromatic N) is 4. The second-order valence-corrected chi connectivity index (χ2v) is 7.95. The fraction of sp³-hybridized carbons (Fsp3) is 0.0357. The van der Waals surface area contributed by atoms with E-state index in [1.165, 1.54) is 7.11 Å². The van der Waals surface area contributed by atoms with Crippen LogP contribution in [0.25, 0.3) is 44.6 Å². The zero-order chi connectivity index (χ0) is 23.1. The van der Waals surface area contributed by atoms with Gasteiger partial charge in [0.15, 0.2) is 0 Å². The van der Waals surface area contributed by atoms with Gasteiger partial charge in [0.25, 0.3) is 0 Å². The van der Waals surface area contributed by atoms with Crippen molar-refractivity contribution >= 4 is 28.0 Å². The van der Waals surface area contributed by atoms with Crippen molar-refractivity contribution in [2.45, 2.75) is 0 Å². The third-order valence-corrected chi connectivity index (χ3v) is 6.04. The average Bonchev–Trinajstić information content (AvgIpc) is 3.53. The van der Waals surface area contributed by atoms with Gasteiger partial charge >= 0.3 is 5.97 Å². The number of rotatable bonds is 4. The standard InChI is InChI=1S/C28H20N4O2/c1-34-28(33)22-10-7-13-25-27(22)30-18-32(25)26-16-20(14-15-21(26)19-8-3-2-4-9-19)31-17-29-23-11-5-6-12-24(23)31/h2-18H,1H3. The van der Waals surface area contributed by atoms with Crippen LogP contribution in [0, 0.1) is 0 Å². The van der Waals surface area contributed by atoms with Crippen molar-refractivity contribution in [3.05, 3.63) is 109 Å². The van der Waals surface area contributed by atoms with Gasteiger partial charge in [-0.1, -0.05) is 54.6 Å². The van der Waals surface area contributed by atoms with E-state index in [0.717, 1.165) is 39.1 Å². The third kappa shape index (κ3) is 3.16. The molecule has 0 N–H and O–H groups in total. The fourth-order valence-corrected chi connectivity index (χ4v) is 4.40. The molecule has 6 nitrogen and oxygen atoms in total. The molecule has 0 radical (unpaired) electrons. The Balaban J connectivity index is 1.61. The fourth-order valence-electron chi connectivity index (χ4n) is 4.40. The minimum absolute atomic E-state index is 0.405. The van der Waals surface area contributed by atoms with Gasteiger partial charge in [-0.05, 0) is 42.0 Å². The molecule has 2 heterocycles. The maximum atomic E-state index is 12.3. The Morgan fingerprint density at radius 1 is 0.765 bits per heavy atom. The summed E-state index contributed by atoms with van der Waals surface area (Å²) in [6.07, 6.45) is 3.60. The molecule has 0 bridgehead atoms. The summed E-state index contributed by atoms with van der Waals surface area (Å²) in [6, 6.07) is 30.2. The topological polar surface area (TPSA) is 61.9 Å². The predicted octanol–water partition coefficient (Wildman–Crippen LogP) is 5.82. The number of imidazole rings is 2. The largest absolute Gasteiger partial charge is 0.465 e. The average molecular weight is 444 g/mol. The number of methoxy groups -OCH3 is 1. The molecule has 0 fully saturated rings. The van der Waals surface area contributed by atoms with E-state index in [1.807, 2.05) is 59.4 Å². The molecule has 0 aliphatic rings. The van der Waals surface area contributed by atoms with Gasteiger partial charge in [0.1, 0.15) is 18.2 Å². The van der Waals surface area contributed by atoms with Crippen LogP contribution in [0.3, 0.4) is 0 Å². The highest BCUT2D eigenvalue weighted by atomic mass is 16.5. The maximum absolute atomic E-state index is 12.3. The monoisotopic (exact) mass is 444 g/mol. The minimum atomic E-state index is -0.405. The van der Waals surface area contributed by atoms with Crippen LogP contribution in [0.4, 0.5) is 0 Å². The Labute approximate surface area is 195 Å². The highest BCUT2D eigenvalue weighted by Gasteiger charge is 2.17. The smallest absolute Gasteiger partial charge is 0.340 e. The molecule has 164 valence electrons. The zero-order valence-corrected chi connectivity index (χ0v) is 18.4. The van der Waals surface area contributed by atoms with Crippen molar-refractivity contribution in [1.82, 2.24) is 19.1 Å². The first-order valence-corrected chi connectivity index (χ1v) is 10.9. The van der Waals surface area contributed by atoms with Crippen LogP contribution in [0.2, 0.25) is 0 Å². The first-order chi connectivity index (χ1) is 16.7. The van der Waals surface area contributed by atoms with Crippen LogP contribution < -0.4 is 0 Å². The summed E-state index contributed by atoms with van der Waals surface area (Å²) in [5.41, 5.74) is 7.91. The second kappa shape index (κ2) is 8.01. The Morgan fingerprint density at radius 3 is 2.38 bits per heavy atom. The molecular formula is C28H20N4O2. The van der Waals surface area contributed by atoms with Crippen LogP contribution in [0.1, 0.15) is 10.4 Å². The van der Waals surface area contributed by atoms with Crippen LogP contribution in [0.15, 0.2) is 104 Å². The number of hydrogen-bond acceptors (Lipinski definition) is 4. The molecule has 0 aliphatic heterocycles. The van der Waals surface area contributed by atoms with Gasteiger partial charge in [-0.2, -0.15) is 0 Å². The number of esters is 1. The van der Waals surface area contributed by atoms with E-state index in [2.05, 4.69) is 50.9 Å². The van der Waals surface area contributed by atoms with E-state index in [9.17, 15) is 4.79 Å². The molecular weight excluding hydrogens is 424 g/mol. The Morgan fingerprint density at radius 2 is 1.53 bits per heavy atom. The van der Waals surface area contributed by atoms with Gasteiger partial charge in [-0.25, -0.2) is 14.8 Å². The van der Waals surface area contributed by atoms with Gasteiger partial charge < -0.3 is 4.74 Å². The first-order valence-electron chi connectivity index (χ1n) is 10.9. The summed E-state index contributed by atoms with van der Waals surface area (Å²) in [4.78, 5) is 21.4. The van der Waals surface area contributed by atoms with E-state index in [1.54, 1.807) is 12.4 Å². The Hall–Kier alpha value is -4.71. The number of benzene rings is 4. The lowest BCUT2D eigenvalue weighted by Gasteiger charge is -2.15. The summed E-state index contributed by atoms with van der Waals surface area (Å²) in [6.45, 7) is 0. The molecule has 0 spiro atoms. The number of aromatic nitrogens is 4. The number of hydrogen-bond donors (Lipinski definition) is 0. The van der Waals surface area contributed by atoms with E-state index >= 15 is 0 Å². The van der Waals surface area contributed by atoms with Crippen molar-refractivity contribution < 1.29 is 9.53 Å². The lowest BCUT2D eigenvalue weighted by molar-refractivity contribution is 0.0603. The summed E-state index contributed by atoms with van der Waals surface area (Å²) < 4.78 is 9.06. The van der Waals surface area contributed by atoms with E-state index in [0.29, 0.717) is 11.1 Å². The molecule has 2 aromatic heterocycles. The molecule has 0 atom stereocenters. The predicted molar refractivity (Wildman–Crippen MR) is 132 cm³/mol. The third-order valence-electron chi connectivity index (χ3n) is 6.04. The van der Waals surface area contributed by atoms with Crippen LogP contribution in [-0.2, 0) is 4.74 Å². The molecule has 6 heteroatoms. The normalized spacial score (nSPS) is 11.2. The molecule has 34 heavy (non-hydrogen) atoms. The molecule has 6 rings (SSSR count). The second-order valence-electron chi connectivity index (χ2n) is 7.95.